The maximum atomic E-state index is 10.9. The first-order valence-electron chi connectivity index (χ1n) is 5.61. The molecule has 18 heavy (non-hydrogen) atoms. The number of nitro groups is 1. The zero-order valence-corrected chi connectivity index (χ0v) is 9.63. The fraction of sp³-hybridized carbons (Fsp3) is 0.455. The Balaban J connectivity index is 2.16. The monoisotopic (exact) mass is 248 g/mol. The summed E-state index contributed by atoms with van der Waals surface area (Å²) in [6, 6.07) is 3.12. The summed E-state index contributed by atoms with van der Waals surface area (Å²) in [7, 11) is 0. The predicted molar refractivity (Wildman–Crippen MR) is 63.1 cm³/mol. The Bertz CT molecular complexity index is 492. The van der Waals surface area contributed by atoms with E-state index in [1.807, 2.05) is 0 Å². The van der Waals surface area contributed by atoms with Crippen LogP contribution < -0.4 is 5.32 Å². The van der Waals surface area contributed by atoms with Crippen molar-refractivity contribution in [1.82, 2.24) is 4.98 Å². The van der Waals surface area contributed by atoms with Gasteiger partial charge >= 0.3 is 5.69 Å². The molecule has 1 unspecified atom stereocenters. The summed E-state index contributed by atoms with van der Waals surface area (Å²) < 4.78 is 5.41. The number of nitrogens with zero attached hydrogens (tertiary/aromatic N) is 3. The largest absolute Gasteiger partial charge is 0.376 e. The third-order valence-corrected chi connectivity index (χ3v) is 2.75. The van der Waals surface area contributed by atoms with Crippen LogP contribution in [0.2, 0.25) is 0 Å². The van der Waals surface area contributed by atoms with Crippen molar-refractivity contribution in [3.8, 4) is 6.07 Å². The van der Waals surface area contributed by atoms with Crippen molar-refractivity contribution in [2.24, 2.45) is 0 Å². The molecule has 2 rings (SSSR count). The van der Waals surface area contributed by atoms with Crippen LogP contribution in [-0.4, -0.2) is 29.2 Å². The summed E-state index contributed by atoms with van der Waals surface area (Å²) in [5, 5.41) is 22.7. The van der Waals surface area contributed by atoms with E-state index in [0.29, 0.717) is 6.54 Å². The fourth-order valence-electron chi connectivity index (χ4n) is 1.87. The van der Waals surface area contributed by atoms with E-state index in [0.717, 1.165) is 19.4 Å². The molecule has 0 aromatic carbocycles. The smallest absolute Gasteiger partial charge is 0.328 e. The average Bonchev–Trinajstić information content (AvgIpc) is 2.88. The van der Waals surface area contributed by atoms with Crippen molar-refractivity contribution in [3.63, 3.8) is 0 Å². The highest BCUT2D eigenvalue weighted by Gasteiger charge is 2.22. The summed E-state index contributed by atoms with van der Waals surface area (Å²) in [5.74, 6) is 0.120. The minimum absolute atomic E-state index is 0.00448. The van der Waals surface area contributed by atoms with E-state index < -0.39 is 4.92 Å². The second-order valence-electron chi connectivity index (χ2n) is 3.94. The Kier molecular flexibility index (Phi) is 3.69. The maximum Gasteiger partial charge on any atom is 0.328 e. The van der Waals surface area contributed by atoms with Crippen LogP contribution in [0.15, 0.2) is 12.3 Å². The Morgan fingerprint density at radius 1 is 1.72 bits per heavy atom. The lowest BCUT2D eigenvalue weighted by Gasteiger charge is -2.11. The predicted octanol–water partition coefficient (Wildman–Crippen LogP) is 1.45. The summed E-state index contributed by atoms with van der Waals surface area (Å²) >= 11 is 0. The fourth-order valence-corrected chi connectivity index (χ4v) is 1.87. The highest BCUT2D eigenvalue weighted by Crippen LogP contribution is 2.26. The van der Waals surface area contributed by atoms with Gasteiger partial charge in [0.25, 0.3) is 0 Å². The van der Waals surface area contributed by atoms with Gasteiger partial charge in [-0.3, -0.25) is 10.1 Å². The van der Waals surface area contributed by atoms with E-state index in [9.17, 15) is 10.1 Å². The molecule has 1 aliphatic heterocycles. The lowest BCUT2D eigenvalue weighted by molar-refractivity contribution is -0.384. The lowest BCUT2D eigenvalue weighted by atomic mass is 10.2. The van der Waals surface area contributed by atoms with Gasteiger partial charge < -0.3 is 10.1 Å². The number of hydrogen-bond acceptors (Lipinski definition) is 6. The second-order valence-corrected chi connectivity index (χ2v) is 3.94. The standard InChI is InChI=1S/C11H12N4O3/c12-6-8-3-4-13-11(10(8)15(16)17)14-7-9-2-1-5-18-9/h3-4,9H,1-2,5,7H2,(H,13,14). The lowest BCUT2D eigenvalue weighted by Crippen LogP contribution is -2.19. The molecule has 0 amide bonds. The van der Waals surface area contributed by atoms with Gasteiger partial charge in [-0.2, -0.15) is 5.26 Å². The molecular weight excluding hydrogens is 236 g/mol. The van der Waals surface area contributed by atoms with Crippen LogP contribution in [0.4, 0.5) is 11.5 Å². The number of rotatable bonds is 4. The van der Waals surface area contributed by atoms with E-state index in [-0.39, 0.29) is 23.2 Å². The number of anilines is 1. The molecule has 1 aromatic rings. The van der Waals surface area contributed by atoms with Gasteiger partial charge in [0.15, 0.2) is 0 Å². The van der Waals surface area contributed by atoms with Crippen molar-refractivity contribution in [1.29, 1.82) is 5.26 Å². The Morgan fingerprint density at radius 3 is 3.17 bits per heavy atom. The van der Waals surface area contributed by atoms with Gasteiger partial charge in [0.2, 0.25) is 5.82 Å². The van der Waals surface area contributed by atoms with Crippen LogP contribution in [-0.2, 0) is 4.74 Å². The van der Waals surface area contributed by atoms with Crippen molar-refractivity contribution < 1.29 is 9.66 Å². The highest BCUT2D eigenvalue weighted by atomic mass is 16.6. The second kappa shape index (κ2) is 5.42. The third-order valence-electron chi connectivity index (χ3n) is 2.75. The number of nitrogens with one attached hydrogen (secondary N) is 1. The van der Waals surface area contributed by atoms with E-state index in [1.54, 1.807) is 6.07 Å². The molecule has 0 radical (unpaired) electrons. The van der Waals surface area contributed by atoms with Crippen LogP contribution in [0.25, 0.3) is 0 Å². The van der Waals surface area contributed by atoms with E-state index in [1.165, 1.54) is 12.3 Å². The maximum absolute atomic E-state index is 10.9. The minimum atomic E-state index is -0.594. The number of ether oxygens (including phenoxy) is 1. The van der Waals surface area contributed by atoms with Crippen LogP contribution in [0.1, 0.15) is 18.4 Å². The molecule has 1 aliphatic rings. The zero-order valence-electron chi connectivity index (χ0n) is 9.63. The van der Waals surface area contributed by atoms with Gasteiger partial charge in [-0.05, 0) is 18.9 Å². The molecule has 1 N–H and O–H groups in total. The first kappa shape index (κ1) is 12.3. The van der Waals surface area contributed by atoms with E-state index in [2.05, 4.69) is 10.3 Å². The van der Waals surface area contributed by atoms with Crippen molar-refractivity contribution in [3.05, 3.63) is 27.9 Å². The number of hydrogen-bond donors (Lipinski definition) is 1. The average molecular weight is 248 g/mol. The Morgan fingerprint density at radius 2 is 2.56 bits per heavy atom. The van der Waals surface area contributed by atoms with Crippen molar-refractivity contribution in [2.45, 2.75) is 18.9 Å². The first-order valence-corrected chi connectivity index (χ1v) is 5.61. The highest BCUT2D eigenvalue weighted by molar-refractivity contribution is 5.64. The minimum Gasteiger partial charge on any atom is -0.376 e. The third kappa shape index (κ3) is 2.55. The topological polar surface area (TPSA) is 101 Å². The first-order chi connectivity index (χ1) is 8.72. The van der Waals surface area contributed by atoms with Crippen LogP contribution >= 0.6 is 0 Å². The molecular formula is C11H12N4O3. The van der Waals surface area contributed by atoms with Gasteiger partial charge in [0, 0.05) is 19.3 Å². The molecule has 94 valence electrons. The summed E-state index contributed by atoms with van der Waals surface area (Å²) in [4.78, 5) is 14.3. The summed E-state index contributed by atoms with van der Waals surface area (Å²) in [6.45, 7) is 1.18. The van der Waals surface area contributed by atoms with Crippen LogP contribution in [0, 0.1) is 21.4 Å². The molecule has 7 nitrogen and oxygen atoms in total. The van der Waals surface area contributed by atoms with E-state index in [4.69, 9.17) is 10.00 Å². The van der Waals surface area contributed by atoms with Gasteiger partial charge in [0.05, 0.1) is 11.0 Å². The van der Waals surface area contributed by atoms with Gasteiger partial charge in [-0.25, -0.2) is 4.98 Å². The summed E-state index contributed by atoms with van der Waals surface area (Å²) in [6.07, 6.45) is 3.36. The molecule has 1 aromatic heterocycles. The van der Waals surface area contributed by atoms with Crippen molar-refractivity contribution in [2.75, 3.05) is 18.5 Å². The van der Waals surface area contributed by atoms with Crippen LogP contribution in [0.3, 0.4) is 0 Å². The molecule has 1 atom stereocenters. The quantitative estimate of drug-likeness (QED) is 0.639. The van der Waals surface area contributed by atoms with Gasteiger partial charge in [0.1, 0.15) is 11.6 Å². The van der Waals surface area contributed by atoms with Gasteiger partial charge in [-0.1, -0.05) is 0 Å². The molecule has 2 heterocycles. The van der Waals surface area contributed by atoms with Gasteiger partial charge in [-0.15, -0.1) is 0 Å². The number of aromatic nitrogens is 1. The number of nitriles is 1. The zero-order chi connectivity index (χ0) is 13.0. The summed E-state index contributed by atoms with van der Waals surface area (Å²) in [5.41, 5.74) is -0.275. The van der Waals surface area contributed by atoms with Crippen molar-refractivity contribution >= 4 is 11.5 Å². The normalized spacial score (nSPS) is 18.3. The molecule has 0 spiro atoms. The molecule has 7 heteroatoms. The molecule has 0 bridgehead atoms. The van der Waals surface area contributed by atoms with Crippen LogP contribution in [0.5, 0.6) is 0 Å². The van der Waals surface area contributed by atoms with E-state index >= 15 is 0 Å². The molecule has 0 aliphatic carbocycles. The molecule has 0 saturated carbocycles. The molecule has 1 fully saturated rings. The molecule has 1 saturated heterocycles. The SMILES string of the molecule is N#Cc1ccnc(NCC2CCCO2)c1[N+](=O)[O-]. The number of pyridine rings is 1. The Hall–Kier alpha value is -2.20. The Labute approximate surface area is 104 Å².